The first kappa shape index (κ1) is 21.9. The summed E-state index contributed by atoms with van der Waals surface area (Å²) in [4.78, 5) is 14.4. The summed E-state index contributed by atoms with van der Waals surface area (Å²) < 4.78 is 11.4. The number of amides is 1. The Morgan fingerprint density at radius 3 is 2.59 bits per heavy atom. The number of nitrogens with one attached hydrogen (secondary N) is 1. The first-order valence-electron chi connectivity index (χ1n) is 9.94. The van der Waals surface area contributed by atoms with Crippen LogP contribution >= 0.6 is 23.8 Å². The summed E-state index contributed by atoms with van der Waals surface area (Å²) >= 11 is 11.5. The number of benzene rings is 3. The average Bonchev–Trinajstić information content (AvgIpc) is 3.08. The van der Waals surface area contributed by atoms with Gasteiger partial charge in [0.15, 0.2) is 5.11 Å². The highest BCUT2D eigenvalue weighted by molar-refractivity contribution is 7.80. The summed E-state index contributed by atoms with van der Waals surface area (Å²) in [5, 5.41) is 4.06. The van der Waals surface area contributed by atoms with Crippen LogP contribution in [0.1, 0.15) is 16.7 Å². The second-order valence-corrected chi connectivity index (χ2v) is 8.03. The van der Waals surface area contributed by atoms with Gasteiger partial charge in [-0.1, -0.05) is 35.9 Å². The van der Waals surface area contributed by atoms with Gasteiger partial charge in [0.05, 0.1) is 12.8 Å². The second-order valence-electron chi connectivity index (χ2n) is 7.24. The number of anilines is 1. The van der Waals surface area contributed by atoms with E-state index in [1.54, 1.807) is 13.2 Å². The van der Waals surface area contributed by atoms with Crippen LogP contribution < -0.4 is 19.7 Å². The van der Waals surface area contributed by atoms with E-state index in [1.165, 1.54) is 4.90 Å². The zero-order chi connectivity index (χ0) is 22.7. The van der Waals surface area contributed by atoms with Crippen molar-refractivity contribution in [3.63, 3.8) is 0 Å². The van der Waals surface area contributed by atoms with Gasteiger partial charge in [-0.15, -0.1) is 0 Å². The average molecular weight is 465 g/mol. The molecule has 0 aliphatic carbocycles. The number of para-hydroxylation sites is 1. The molecule has 7 heteroatoms. The molecule has 1 amide bonds. The molecule has 5 nitrogen and oxygen atoms in total. The molecule has 0 saturated carbocycles. The Labute approximate surface area is 197 Å². The molecule has 3 aromatic carbocycles. The number of halogens is 1. The van der Waals surface area contributed by atoms with Crippen molar-refractivity contribution in [2.24, 2.45) is 0 Å². The van der Waals surface area contributed by atoms with Crippen LogP contribution in [-0.4, -0.2) is 18.1 Å². The number of hydrogen-bond acceptors (Lipinski definition) is 4. The largest absolute Gasteiger partial charge is 0.496 e. The van der Waals surface area contributed by atoms with E-state index in [0.717, 1.165) is 22.4 Å². The van der Waals surface area contributed by atoms with Crippen LogP contribution in [0.3, 0.4) is 0 Å². The number of thiocarbonyl (C=S) groups is 1. The molecular formula is C25H21ClN2O3S. The number of aryl methyl sites for hydroxylation is 1. The molecule has 1 heterocycles. The van der Waals surface area contributed by atoms with Gasteiger partial charge in [0.25, 0.3) is 5.91 Å². The Hall–Kier alpha value is -3.35. The van der Waals surface area contributed by atoms with Crippen LogP contribution in [0.5, 0.6) is 11.5 Å². The molecular weight excluding hydrogens is 444 g/mol. The fraction of sp³-hybridized carbons (Fsp3) is 0.120. The number of rotatable bonds is 6. The Morgan fingerprint density at radius 2 is 1.88 bits per heavy atom. The summed E-state index contributed by atoms with van der Waals surface area (Å²) in [6.45, 7) is 2.23. The third-order valence-electron chi connectivity index (χ3n) is 5.03. The molecule has 3 aromatic rings. The zero-order valence-corrected chi connectivity index (χ0v) is 19.2. The van der Waals surface area contributed by atoms with Crippen molar-refractivity contribution in [2.75, 3.05) is 12.0 Å². The highest BCUT2D eigenvalue weighted by Gasteiger charge is 2.31. The van der Waals surface area contributed by atoms with E-state index < -0.39 is 0 Å². The molecule has 0 radical (unpaired) electrons. The Bertz CT molecular complexity index is 1210. The number of hydrogen-bond donors (Lipinski definition) is 1. The minimum Gasteiger partial charge on any atom is -0.496 e. The van der Waals surface area contributed by atoms with Crippen LogP contribution in [0.4, 0.5) is 5.69 Å². The maximum atomic E-state index is 12.9. The van der Waals surface area contributed by atoms with E-state index in [-0.39, 0.29) is 5.91 Å². The van der Waals surface area contributed by atoms with Crippen LogP contribution in [0.25, 0.3) is 6.08 Å². The number of carbonyl (C=O) groups excluding carboxylic acids is 1. The van der Waals surface area contributed by atoms with E-state index in [4.69, 9.17) is 33.3 Å². The van der Waals surface area contributed by atoms with E-state index in [0.29, 0.717) is 33.9 Å². The molecule has 1 fully saturated rings. The predicted molar refractivity (Wildman–Crippen MR) is 131 cm³/mol. The standard InChI is InChI=1S/C25H21ClN2O3S/c1-16-12-20(9-10-21(16)26)31-15-18-13-17(8-11-23(18)30-2)14-22-24(29)28(25(32)27-22)19-6-4-3-5-7-19/h3-14H,15H2,1-2H3,(H,27,32)/b22-14+. The van der Waals surface area contributed by atoms with Gasteiger partial charge in [0.2, 0.25) is 0 Å². The lowest BCUT2D eigenvalue weighted by Gasteiger charge is -2.13. The molecule has 162 valence electrons. The number of nitrogens with zero attached hydrogens (tertiary/aromatic N) is 1. The summed E-state index contributed by atoms with van der Waals surface area (Å²) in [6, 6.07) is 20.5. The van der Waals surface area contributed by atoms with Gasteiger partial charge < -0.3 is 14.8 Å². The smallest absolute Gasteiger partial charge is 0.281 e. The molecule has 1 N–H and O–H groups in total. The third-order valence-corrected chi connectivity index (χ3v) is 5.74. The van der Waals surface area contributed by atoms with E-state index in [1.807, 2.05) is 73.7 Å². The SMILES string of the molecule is COc1ccc(/C=C2/NC(=S)N(c3ccccc3)C2=O)cc1COc1ccc(Cl)c(C)c1. The van der Waals surface area contributed by atoms with Crippen molar-refractivity contribution < 1.29 is 14.3 Å². The minimum absolute atomic E-state index is 0.202. The summed E-state index contributed by atoms with van der Waals surface area (Å²) in [7, 11) is 1.61. The van der Waals surface area contributed by atoms with E-state index in [9.17, 15) is 4.79 Å². The summed E-state index contributed by atoms with van der Waals surface area (Å²) in [5.41, 5.74) is 3.75. The van der Waals surface area contributed by atoms with Crippen molar-refractivity contribution >= 4 is 46.6 Å². The normalized spacial score (nSPS) is 14.6. The maximum Gasteiger partial charge on any atom is 0.281 e. The van der Waals surface area contributed by atoms with Gasteiger partial charge in [-0.3, -0.25) is 9.69 Å². The zero-order valence-electron chi connectivity index (χ0n) is 17.6. The van der Waals surface area contributed by atoms with Gasteiger partial charge >= 0.3 is 0 Å². The third kappa shape index (κ3) is 4.61. The minimum atomic E-state index is -0.202. The molecule has 1 aliphatic heterocycles. The highest BCUT2D eigenvalue weighted by Crippen LogP contribution is 2.27. The van der Waals surface area contributed by atoms with Crippen molar-refractivity contribution in [2.45, 2.75) is 13.5 Å². The summed E-state index contributed by atoms with van der Waals surface area (Å²) in [6.07, 6.45) is 1.77. The van der Waals surface area contributed by atoms with Gasteiger partial charge in [-0.25, -0.2) is 0 Å². The van der Waals surface area contributed by atoms with Crippen molar-refractivity contribution in [1.29, 1.82) is 0 Å². The van der Waals surface area contributed by atoms with Gasteiger partial charge in [0.1, 0.15) is 23.8 Å². The van der Waals surface area contributed by atoms with Gasteiger partial charge in [-0.2, -0.15) is 0 Å². The lowest BCUT2D eigenvalue weighted by atomic mass is 10.1. The Kier molecular flexibility index (Phi) is 6.44. The topological polar surface area (TPSA) is 50.8 Å². The second kappa shape index (κ2) is 9.42. The molecule has 1 aliphatic rings. The molecule has 1 saturated heterocycles. The monoisotopic (exact) mass is 464 g/mol. The first-order valence-corrected chi connectivity index (χ1v) is 10.7. The lowest BCUT2D eigenvalue weighted by Crippen LogP contribution is -2.30. The van der Waals surface area contributed by atoms with Crippen molar-refractivity contribution in [1.82, 2.24) is 5.32 Å². The predicted octanol–water partition coefficient (Wildman–Crippen LogP) is 5.50. The lowest BCUT2D eigenvalue weighted by molar-refractivity contribution is -0.113. The molecule has 0 aromatic heterocycles. The Morgan fingerprint density at radius 1 is 1.09 bits per heavy atom. The van der Waals surface area contributed by atoms with Crippen LogP contribution in [-0.2, 0) is 11.4 Å². The Balaban J connectivity index is 1.56. The molecule has 0 unspecified atom stereocenters. The fourth-order valence-electron chi connectivity index (χ4n) is 3.38. The van der Waals surface area contributed by atoms with Crippen LogP contribution in [0, 0.1) is 6.92 Å². The summed E-state index contributed by atoms with van der Waals surface area (Å²) in [5.74, 6) is 1.21. The molecule has 4 rings (SSSR count). The van der Waals surface area contributed by atoms with E-state index in [2.05, 4.69) is 5.32 Å². The van der Waals surface area contributed by atoms with Gasteiger partial charge in [0, 0.05) is 10.6 Å². The fourth-order valence-corrected chi connectivity index (χ4v) is 3.80. The maximum absolute atomic E-state index is 12.9. The van der Waals surface area contributed by atoms with E-state index >= 15 is 0 Å². The van der Waals surface area contributed by atoms with Crippen molar-refractivity contribution in [3.05, 3.63) is 94.1 Å². The van der Waals surface area contributed by atoms with Gasteiger partial charge in [-0.05, 0) is 78.8 Å². The highest BCUT2D eigenvalue weighted by atomic mass is 35.5. The quantitative estimate of drug-likeness (QED) is 0.385. The number of carbonyl (C=O) groups is 1. The molecule has 0 atom stereocenters. The molecule has 0 spiro atoms. The van der Waals surface area contributed by atoms with Crippen molar-refractivity contribution in [3.8, 4) is 11.5 Å². The number of methoxy groups -OCH3 is 1. The molecule has 32 heavy (non-hydrogen) atoms. The first-order chi connectivity index (χ1) is 15.5. The number of ether oxygens (including phenoxy) is 2. The van der Waals surface area contributed by atoms with Crippen LogP contribution in [0.15, 0.2) is 72.4 Å². The molecule has 0 bridgehead atoms. The van der Waals surface area contributed by atoms with Crippen LogP contribution in [0.2, 0.25) is 5.02 Å².